The Balaban J connectivity index is 3.12. The van der Waals surface area contributed by atoms with Crippen LogP contribution in [0.3, 0.4) is 0 Å². The molecule has 0 saturated carbocycles. The van der Waals surface area contributed by atoms with Gasteiger partial charge in [0.15, 0.2) is 5.60 Å². The van der Waals surface area contributed by atoms with E-state index in [9.17, 15) is 27.1 Å². The predicted molar refractivity (Wildman–Crippen MR) is 54.9 cm³/mol. The summed E-state index contributed by atoms with van der Waals surface area (Å²) in [6.45, 7) is 0.810. The fourth-order valence-electron chi connectivity index (χ4n) is 1.15. The molecule has 0 aliphatic heterocycles. The Bertz CT molecular complexity index is 391. The highest BCUT2D eigenvalue weighted by molar-refractivity contribution is 9.10. The summed E-state index contributed by atoms with van der Waals surface area (Å²) in [5, 5.41) is 9.54. The molecule has 1 unspecified atom stereocenters. The first-order valence-electron chi connectivity index (χ1n) is 4.43. The molecule has 1 nitrogen and oxygen atoms in total. The maximum atomic E-state index is 13.0. The summed E-state index contributed by atoms with van der Waals surface area (Å²) in [5.74, 6) is 0. The molecule has 1 atom stereocenters. The Morgan fingerprint density at radius 1 is 0.941 bits per heavy atom. The Labute approximate surface area is 102 Å². The molecule has 1 aromatic carbocycles. The molecule has 0 aliphatic carbocycles. The number of halogens is 6. The fourth-order valence-corrected chi connectivity index (χ4v) is 1.38. The zero-order valence-electron chi connectivity index (χ0n) is 8.52. The molecule has 0 bridgehead atoms. The molecular formula is C10H8BrF5O. The topological polar surface area (TPSA) is 20.2 Å². The number of aliphatic hydroxyl groups is 1. The normalized spacial score (nSPS) is 16.7. The van der Waals surface area contributed by atoms with Crippen molar-refractivity contribution in [2.45, 2.75) is 23.5 Å². The lowest BCUT2D eigenvalue weighted by molar-refractivity contribution is -0.137. The van der Waals surface area contributed by atoms with Gasteiger partial charge < -0.3 is 5.11 Å². The number of alkyl halides is 6. The van der Waals surface area contributed by atoms with Crippen LogP contribution >= 0.6 is 15.9 Å². The monoisotopic (exact) mass is 318 g/mol. The number of benzene rings is 1. The third-order valence-corrected chi connectivity index (χ3v) is 3.10. The molecule has 0 heterocycles. The van der Waals surface area contributed by atoms with Gasteiger partial charge in [-0.05, 0) is 40.5 Å². The molecule has 0 amide bonds. The van der Waals surface area contributed by atoms with Gasteiger partial charge in [0.25, 0.3) is 0 Å². The van der Waals surface area contributed by atoms with Crippen molar-refractivity contribution in [2.75, 3.05) is 0 Å². The van der Waals surface area contributed by atoms with Gasteiger partial charge in [-0.3, -0.25) is 0 Å². The van der Waals surface area contributed by atoms with Crippen molar-refractivity contribution >= 4 is 15.9 Å². The second kappa shape index (κ2) is 4.20. The van der Waals surface area contributed by atoms with E-state index < -0.39 is 22.2 Å². The summed E-state index contributed by atoms with van der Waals surface area (Å²) in [7, 11) is 0. The third kappa shape index (κ3) is 2.95. The molecule has 0 aliphatic rings. The van der Waals surface area contributed by atoms with E-state index in [0.29, 0.717) is 12.1 Å². The van der Waals surface area contributed by atoms with E-state index in [4.69, 9.17) is 0 Å². The summed E-state index contributed by atoms with van der Waals surface area (Å²) in [6.07, 6.45) is -4.54. The molecule has 1 rings (SSSR count). The molecule has 1 N–H and O–H groups in total. The molecule has 7 heteroatoms. The number of hydrogen-bond acceptors (Lipinski definition) is 1. The van der Waals surface area contributed by atoms with Crippen molar-refractivity contribution in [3.63, 3.8) is 0 Å². The summed E-state index contributed by atoms with van der Waals surface area (Å²) in [6, 6.07) is 2.92. The quantitative estimate of drug-likeness (QED) is 0.647. The summed E-state index contributed by atoms with van der Waals surface area (Å²) in [4.78, 5) is -3.64. The maximum absolute atomic E-state index is 13.0. The van der Waals surface area contributed by atoms with E-state index in [0.717, 1.165) is 19.1 Å². The average molecular weight is 319 g/mol. The molecule has 17 heavy (non-hydrogen) atoms. The molecular weight excluding hydrogens is 311 g/mol. The van der Waals surface area contributed by atoms with Gasteiger partial charge in [-0.1, -0.05) is 12.1 Å². The zero-order chi connectivity index (χ0) is 13.5. The first-order chi connectivity index (χ1) is 7.46. The average Bonchev–Trinajstić information content (AvgIpc) is 2.15. The van der Waals surface area contributed by atoms with Gasteiger partial charge in [-0.25, -0.2) is 0 Å². The lowest BCUT2D eigenvalue weighted by Gasteiger charge is -2.28. The van der Waals surface area contributed by atoms with Crippen LogP contribution in [0, 0.1) is 0 Å². The smallest absolute Gasteiger partial charge is 0.378 e. The van der Waals surface area contributed by atoms with Crippen molar-refractivity contribution in [3.05, 3.63) is 35.4 Å². The maximum Gasteiger partial charge on any atom is 0.416 e. The van der Waals surface area contributed by atoms with Gasteiger partial charge in [0, 0.05) is 0 Å². The molecule has 0 spiro atoms. The standard InChI is InChI=1S/C10H8BrF5O/c1-8(17,10(11,15)16)6-2-4-7(5-3-6)9(12,13)14/h2-5,17H,1H3. The fraction of sp³-hybridized carbons (Fsp3) is 0.400. The van der Waals surface area contributed by atoms with Crippen LogP contribution in [0.15, 0.2) is 24.3 Å². The molecule has 1 aromatic rings. The van der Waals surface area contributed by atoms with Gasteiger partial charge >= 0.3 is 11.0 Å². The van der Waals surface area contributed by atoms with E-state index in [1.807, 2.05) is 15.9 Å². The van der Waals surface area contributed by atoms with Crippen molar-refractivity contribution in [2.24, 2.45) is 0 Å². The van der Waals surface area contributed by atoms with Crippen LogP contribution < -0.4 is 0 Å². The Morgan fingerprint density at radius 2 is 1.29 bits per heavy atom. The van der Waals surface area contributed by atoms with Gasteiger partial charge in [-0.2, -0.15) is 22.0 Å². The van der Waals surface area contributed by atoms with Gasteiger partial charge in [0.2, 0.25) is 0 Å². The van der Waals surface area contributed by atoms with E-state index in [1.165, 1.54) is 0 Å². The molecule has 0 radical (unpaired) electrons. The van der Waals surface area contributed by atoms with Crippen molar-refractivity contribution in [1.82, 2.24) is 0 Å². The van der Waals surface area contributed by atoms with Crippen molar-refractivity contribution in [3.8, 4) is 0 Å². The van der Waals surface area contributed by atoms with E-state index in [-0.39, 0.29) is 5.56 Å². The lowest BCUT2D eigenvalue weighted by Crippen LogP contribution is -2.37. The van der Waals surface area contributed by atoms with Crippen LogP contribution in [-0.4, -0.2) is 9.94 Å². The van der Waals surface area contributed by atoms with Crippen LogP contribution in [0.1, 0.15) is 18.1 Å². The lowest BCUT2D eigenvalue weighted by atomic mass is 9.95. The van der Waals surface area contributed by atoms with E-state index >= 15 is 0 Å². The van der Waals surface area contributed by atoms with Crippen LogP contribution in [0.2, 0.25) is 0 Å². The number of hydrogen-bond donors (Lipinski definition) is 1. The second-order valence-electron chi connectivity index (χ2n) is 3.65. The Morgan fingerprint density at radius 3 is 1.59 bits per heavy atom. The summed E-state index contributed by atoms with van der Waals surface area (Å²) in [5.41, 5.74) is -3.86. The van der Waals surface area contributed by atoms with Crippen LogP contribution in [0.5, 0.6) is 0 Å². The Hall–Kier alpha value is -0.690. The second-order valence-corrected chi connectivity index (χ2v) is 4.64. The highest BCUT2D eigenvalue weighted by atomic mass is 79.9. The van der Waals surface area contributed by atoms with E-state index in [2.05, 4.69) is 0 Å². The first kappa shape index (κ1) is 14.4. The van der Waals surface area contributed by atoms with Crippen LogP contribution in [-0.2, 0) is 11.8 Å². The highest BCUT2D eigenvalue weighted by Gasteiger charge is 2.48. The molecule has 0 aromatic heterocycles. The van der Waals surface area contributed by atoms with Crippen molar-refractivity contribution in [1.29, 1.82) is 0 Å². The Kier molecular flexibility index (Phi) is 3.55. The van der Waals surface area contributed by atoms with Crippen molar-refractivity contribution < 1.29 is 27.1 Å². The predicted octanol–water partition coefficient (Wildman–Crippen LogP) is 3.90. The molecule has 96 valence electrons. The number of rotatable bonds is 2. The molecule has 0 fully saturated rings. The van der Waals surface area contributed by atoms with Crippen LogP contribution in [0.4, 0.5) is 22.0 Å². The molecule has 0 saturated heterocycles. The first-order valence-corrected chi connectivity index (χ1v) is 5.22. The van der Waals surface area contributed by atoms with Gasteiger partial charge in [-0.15, -0.1) is 0 Å². The summed E-state index contributed by atoms with van der Waals surface area (Å²) < 4.78 is 62.6. The largest absolute Gasteiger partial charge is 0.416 e. The zero-order valence-corrected chi connectivity index (χ0v) is 10.1. The highest BCUT2D eigenvalue weighted by Crippen LogP contribution is 2.42. The summed E-state index contributed by atoms with van der Waals surface area (Å²) >= 11 is 1.99. The minimum absolute atomic E-state index is 0.313. The minimum atomic E-state index is -4.54. The van der Waals surface area contributed by atoms with Crippen LogP contribution in [0.25, 0.3) is 0 Å². The third-order valence-electron chi connectivity index (χ3n) is 2.33. The van der Waals surface area contributed by atoms with E-state index in [1.54, 1.807) is 0 Å². The van der Waals surface area contributed by atoms with Gasteiger partial charge in [0.1, 0.15) is 0 Å². The SMILES string of the molecule is CC(O)(c1ccc(C(F)(F)F)cc1)C(F)(F)Br. The van der Waals surface area contributed by atoms with Gasteiger partial charge in [0.05, 0.1) is 5.56 Å². The minimum Gasteiger partial charge on any atom is -0.378 e.